The van der Waals surface area contributed by atoms with Crippen molar-refractivity contribution in [1.29, 1.82) is 0 Å². The molecule has 2 rings (SSSR count). The lowest BCUT2D eigenvalue weighted by atomic mass is 10.3. The summed E-state index contributed by atoms with van der Waals surface area (Å²) in [5, 5.41) is 17.8. The van der Waals surface area contributed by atoms with E-state index in [1.54, 1.807) is 13.8 Å². The van der Waals surface area contributed by atoms with Gasteiger partial charge in [0.1, 0.15) is 0 Å². The molecule has 0 radical (unpaired) electrons. The van der Waals surface area contributed by atoms with Gasteiger partial charge >= 0.3 is 5.82 Å². The van der Waals surface area contributed by atoms with E-state index in [4.69, 9.17) is 0 Å². The van der Waals surface area contributed by atoms with Gasteiger partial charge in [-0.2, -0.15) is 14.2 Å². The van der Waals surface area contributed by atoms with E-state index >= 15 is 0 Å². The van der Waals surface area contributed by atoms with Crippen molar-refractivity contribution in [2.24, 2.45) is 5.10 Å². The zero-order valence-electron chi connectivity index (χ0n) is 11.7. The Morgan fingerprint density at radius 1 is 1.64 bits per heavy atom. The molecule has 0 spiro atoms. The van der Waals surface area contributed by atoms with Crippen LogP contribution in [-0.4, -0.2) is 26.8 Å². The molecule has 10 heteroatoms. The van der Waals surface area contributed by atoms with Crippen molar-refractivity contribution in [2.75, 3.05) is 0 Å². The van der Waals surface area contributed by atoms with Gasteiger partial charge in [-0.1, -0.05) is 0 Å². The minimum atomic E-state index is -0.772. The SMILES string of the molecule is Cc1cc([N+](=O)[O-])nn1[C@H](C)C(=O)N/N=C\c1ccc(F)s1. The molecule has 0 aliphatic rings. The molecule has 116 valence electrons. The largest absolute Gasteiger partial charge is 0.390 e. The van der Waals surface area contributed by atoms with Crippen LogP contribution in [0.1, 0.15) is 23.5 Å². The van der Waals surface area contributed by atoms with Crippen LogP contribution >= 0.6 is 11.3 Å². The first-order valence-corrected chi connectivity index (χ1v) is 6.99. The normalized spacial score (nSPS) is 12.5. The summed E-state index contributed by atoms with van der Waals surface area (Å²) in [6, 6.07) is 3.33. The molecule has 0 saturated carbocycles. The standard InChI is InChI=1S/C12H12FN5O3S/c1-7-5-11(18(20)21)16-17(7)8(2)12(19)15-14-6-9-3-4-10(13)22-9/h3-6,8H,1-2H3,(H,15,19)/b14-6-/t8-/m1/s1. The van der Waals surface area contributed by atoms with Crippen molar-refractivity contribution >= 4 is 29.3 Å². The molecule has 1 amide bonds. The number of nitro groups is 1. The molecule has 0 aliphatic heterocycles. The fourth-order valence-electron chi connectivity index (χ4n) is 1.71. The Kier molecular flexibility index (Phi) is 4.61. The summed E-state index contributed by atoms with van der Waals surface area (Å²) in [5.41, 5.74) is 2.77. The van der Waals surface area contributed by atoms with Crippen molar-refractivity contribution in [3.63, 3.8) is 0 Å². The van der Waals surface area contributed by atoms with Crippen LogP contribution in [0.4, 0.5) is 10.2 Å². The maximum absolute atomic E-state index is 12.8. The molecule has 8 nitrogen and oxygen atoms in total. The molecule has 1 atom stereocenters. The van der Waals surface area contributed by atoms with Gasteiger partial charge in [-0.3, -0.25) is 4.79 Å². The van der Waals surface area contributed by atoms with Crippen molar-refractivity contribution in [3.05, 3.63) is 44.0 Å². The number of rotatable bonds is 5. The molecule has 22 heavy (non-hydrogen) atoms. The summed E-state index contributed by atoms with van der Waals surface area (Å²) >= 11 is 0.893. The zero-order valence-corrected chi connectivity index (χ0v) is 12.5. The van der Waals surface area contributed by atoms with Gasteiger partial charge in [0.2, 0.25) is 0 Å². The maximum atomic E-state index is 12.8. The summed E-state index contributed by atoms with van der Waals surface area (Å²) < 4.78 is 14.0. The van der Waals surface area contributed by atoms with Crippen molar-refractivity contribution in [1.82, 2.24) is 15.2 Å². The van der Waals surface area contributed by atoms with Crippen LogP contribution in [0.5, 0.6) is 0 Å². The Labute approximate surface area is 128 Å². The quantitative estimate of drug-likeness (QED) is 0.516. The molecule has 0 fully saturated rings. The zero-order chi connectivity index (χ0) is 16.3. The third-order valence-corrected chi connectivity index (χ3v) is 3.61. The van der Waals surface area contributed by atoms with Gasteiger partial charge in [0.15, 0.2) is 11.2 Å². The predicted octanol–water partition coefficient (Wildman–Crippen LogP) is 2.01. The fourth-order valence-corrected chi connectivity index (χ4v) is 2.32. The summed E-state index contributed by atoms with van der Waals surface area (Å²) in [4.78, 5) is 22.5. The number of carbonyl (C=O) groups is 1. The molecule has 0 saturated heterocycles. The first-order chi connectivity index (χ1) is 10.4. The molecule has 0 aromatic carbocycles. The smallest absolute Gasteiger partial charge is 0.358 e. The fraction of sp³-hybridized carbons (Fsp3) is 0.250. The van der Waals surface area contributed by atoms with Gasteiger partial charge < -0.3 is 10.1 Å². The summed E-state index contributed by atoms with van der Waals surface area (Å²) in [7, 11) is 0. The molecule has 0 bridgehead atoms. The van der Waals surface area contributed by atoms with E-state index in [2.05, 4.69) is 15.6 Å². The average Bonchev–Trinajstić information content (AvgIpc) is 3.04. The van der Waals surface area contributed by atoms with Crippen molar-refractivity contribution in [3.8, 4) is 0 Å². The lowest BCUT2D eigenvalue weighted by Crippen LogP contribution is -2.28. The highest BCUT2D eigenvalue weighted by Crippen LogP contribution is 2.16. The predicted molar refractivity (Wildman–Crippen MR) is 78.3 cm³/mol. The van der Waals surface area contributed by atoms with Crippen molar-refractivity contribution in [2.45, 2.75) is 19.9 Å². The number of aryl methyl sites for hydroxylation is 1. The number of nitrogens with zero attached hydrogens (tertiary/aromatic N) is 4. The second-order valence-corrected chi connectivity index (χ2v) is 5.46. The lowest BCUT2D eigenvalue weighted by Gasteiger charge is -2.08. The minimum absolute atomic E-state index is 0.324. The molecule has 2 heterocycles. The number of hydrazone groups is 1. The Morgan fingerprint density at radius 2 is 2.36 bits per heavy atom. The molecule has 0 unspecified atom stereocenters. The number of halogens is 1. The highest BCUT2D eigenvalue weighted by molar-refractivity contribution is 7.12. The third-order valence-electron chi connectivity index (χ3n) is 2.80. The molecule has 1 N–H and O–H groups in total. The number of hydrogen-bond acceptors (Lipinski definition) is 6. The Balaban J connectivity index is 2.03. The topological polar surface area (TPSA) is 102 Å². The number of nitrogens with one attached hydrogen (secondary N) is 1. The maximum Gasteiger partial charge on any atom is 0.390 e. The van der Waals surface area contributed by atoms with Crippen LogP contribution in [0.15, 0.2) is 23.3 Å². The van der Waals surface area contributed by atoms with E-state index in [-0.39, 0.29) is 10.9 Å². The lowest BCUT2D eigenvalue weighted by molar-refractivity contribution is -0.389. The van der Waals surface area contributed by atoms with Gasteiger partial charge in [0.25, 0.3) is 5.91 Å². The Morgan fingerprint density at radius 3 is 2.91 bits per heavy atom. The average molecular weight is 325 g/mol. The Hall–Kier alpha value is -2.62. The second-order valence-electron chi connectivity index (χ2n) is 4.40. The van der Waals surface area contributed by atoms with E-state index in [0.717, 1.165) is 11.3 Å². The molecule has 2 aromatic heterocycles. The Bertz CT molecular complexity index is 739. The number of hydrogen-bond donors (Lipinski definition) is 1. The molecular weight excluding hydrogens is 313 g/mol. The van der Waals surface area contributed by atoms with Crippen LogP contribution in [0, 0.1) is 22.2 Å². The number of amides is 1. The van der Waals surface area contributed by atoms with Gasteiger partial charge in [-0.25, -0.2) is 5.43 Å². The molecule has 0 aliphatic carbocycles. The number of thiophene rings is 1. The number of aromatic nitrogens is 2. The van der Waals surface area contributed by atoms with E-state index in [1.165, 1.54) is 29.1 Å². The summed E-state index contributed by atoms with van der Waals surface area (Å²) in [6.45, 7) is 3.15. The monoisotopic (exact) mass is 325 g/mol. The van der Waals surface area contributed by atoms with E-state index in [0.29, 0.717) is 10.6 Å². The summed E-state index contributed by atoms with van der Waals surface area (Å²) in [5.74, 6) is -0.816. The third kappa shape index (κ3) is 3.52. The van der Waals surface area contributed by atoms with E-state index in [9.17, 15) is 19.3 Å². The van der Waals surface area contributed by atoms with Crippen LogP contribution in [0.3, 0.4) is 0 Å². The second kappa shape index (κ2) is 6.43. The summed E-state index contributed by atoms with van der Waals surface area (Å²) in [6.07, 6.45) is 1.32. The van der Waals surface area contributed by atoms with Gasteiger partial charge in [0, 0.05) is 0 Å². The van der Waals surface area contributed by atoms with Gasteiger partial charge in [0.05, 0.1) is 28.0 Å². The molecule has 2 aromatic rings. The minimum Gasteiger partial charge on any atom is -0.358 e. The van der Waals surface area contributed by atoms with Crippen LogP contribution in [0.2, 0.25) is 0 Å². The highest BCUT2D eigenvalue weighted by Gasteiger charge is 2.24. The highest BCUT2D eigenvalue weighted by atomic mass is 32.1. The van der Waals surface area contributed by atoms with Crippen molar-refractivity contribution < 1.29 is 14.1 Å². The van der Waals surface area contributed by atoms with Crippen LogP contribution < -0.4 is 5.43 Å². The van der Waals surface area contributed by atoms with E-state index < -0.39 is 16.9 Å². The van der Waals surface area contributed by atoms with Gasteiger partial charge in [-0.05, 0) is 30.9 Å². The van der Waals surface area contributed by atoms with Gasteiger partial charge in [-0.15, -0.1) is 11.3 Å². The molecular formula is C12H12FN5O3S. The first-order valence-electron chi connectivity index (χ1n) is 6.17. The van der Waals surface area contributed by atoms with Crippen LogP contribution in [-0.2, 0) is 4.79 Å². The number of carbonyl (C=O) groups excluding carboxylic acids is 1. The first kappa shape index (κ1) is 15.8. The van der Waals surface area contributed by atoms with Crippen LogP contribution in [0.25, 0.3) is 0 Å². The van der Waals surface area contributed by atoms with E-state index in [1.807, 2.05) is 0 Å².